The molecule has 4 bridgehead atoms. The van der Waals surface area contributed by atoms with E-state index < -0.39 is 46.9 Å². The molecule has 0 aliphatic carbocycles. The molecule has 1 fully saturated rings. The van der Waals surface area contributed by atoms with Crippen LogP contribution in [-0.2, 0) is 19.8 Å². The molecule has 4 amide bonds. The zero-order valence-corrected chi connectivity index (χ0v) is 25.1. The Morgan fingerprint density at radius 1 is 1.11 bits per heavy atom. The average Bonchev–Trinajstić information content (AvgIpc) is 3.65. The Labute approximate surface area is 254 Å². The van der Waals surface area contributed by atoms with E-state index in [4.69, 9.17) is 5.73 Å². The van der Waals surface area contributed by atoms with Crippen LogP contribution in [0.25, 0.3) is 10.9 Å². The van der Waals surface area contributed by atoms with Crippen LogP contribution in [0.1, 0.15) is 80.4 Å². The number of halogens is 2. The molecule has 2 aromatic carbocycles. The van der Waals surface area contributed by atoms with Crippen LogP contribution in [0.15, 0.2) is 36.4 Å². The third-order valence-electron chi connectivity index (χ3n) is 9.57. The molecular formula is C33H37F2N5O4. The summed E-state index contributed by atoms with van der Waals surface area (Å²) >= 11 is 0. The number of hydrogen-bond acceptors (Lipinski definition) is 4. The van der Waals surface area contributed by atoms with Crippen molar-refractivity contribution in [1.29, 1.82) is 0 Å². The fourth-order valence-corrected chi connectivity index (χ4v) is 7.22. The quantitative estimate of drug-likeness (QED) is 0.403. The zero-order chi connectivity index (χ0) is 31.5. The van der Waals surface area contributed by atoms with Crippen LogP contribution in [0.4, 0.5) is 14.5 Å². The fraction of sp³-hybridized carbons (Fsp3) is 0.455. The standard InChI is InChI=1S/C33H37F2N5O4/c1-17(2)10-27-31(43)40-16-33(15-28(40)29(36)41)22-11-19(7-8-24(22)38-32(33)44)18(3)6-4-5-9-39(27)30(42)26-14-21-23(35)12-20(34)13-25(21)37-26/h7-8,11-14,17-18,27-28,37H,4-6,9-10,15-16H2,1-3H3,(H2,36,41)(H,38,44)/t18?,27-,28-,33-/m0/s1. The Bertz CT molecular complexity index is 1690. The Kier molecular flexibility index (Phi) is 7.45. The number of amides is 4. The third-order valence-corrected chi connectivity index (χ3v) is 9.57. The predicted molar refractivity (Wildman–Crippen MR) is 161 cm³/mol. The van der Waals surface area contributed by atoms with Gasteiger partial charge in [-0.25, -0.2) is 8.78 Å². The van der Waals surface area contributed by atoms with Crippen molar-refractivity contribution in [3.8, 4) is 0 Å². The number of primary amides is 1. The molecule has 3 aromatic rings. The second-order valence-electron chi connectivity index (χ2n) is 13.0. The first-order valence-electron chi connectivity index (χ1n) is 15.2. The van der Waals surface area contributed by atoms with E-state index in [1.807, 2.05) is 32.0 Å². The van der Waals surface area contributed by atoms with E-state index in [2.05, 4.69) is 17.2 Å². The third kappa shape index (κ3) is 4.92. The van der Waals surface area contributed by atoms with E-state index in [1.165, 1.54) is 15.9 Å². The predicted octanol–water partition coefficient (Wildman–Crippen LogP) is 4.57. The fourth-order valence-electron chi connectivity index (χ4n) is 7.22. The number of carbonyl (C=O) groups excluding carboxylic acids is 4. The summed E-state index contributed by atoms with van der Waals surface area (Å²) in [5.41, 5.74) is 7.35. The lowest BCUT2D eigenvalue weighted by Crippen LogP contribution is -2.55. The van der Waals surface area contributed by atoms with E-state index >= 15 is 0 Å². The van der Waals surface area contributed by atoms with Crippen molar-refractivity contribution in [3.05, 3.63) is 64.9 Å². The topological polar surface area (TPSA) is 129 Å². The SMILES string of the molecule is CC(C)C[C@H]1C(=O)N2C[C@]3(C[C@H]2C(N)=O)C(=O)Nc2ccc(cc23)C(C)CCCCN1C(=O)c1cc2c(F)cc(F)cc2[nH]1. The van der Waals surface area contributed by atoms with Crippen molar-refractivity contribution in [1.82, 2.24) is 14.8 Å². The smallest absolute Gasteiger partial charge is 0.270 e. The molecule has 9 nitrogen and oxygen atoms in total. The van der Waals surface area contributed by atoms with E-state index in [1.54, 1.807) is 0 Å². The van der Waals surface area contributed by atoms with E-state index in [-0.39, 0.29) is 60.3 Å². The Balaban J connectivity index is 1.46. The van der Waals surface area contributed by atoms with Gasteiger partial charge in [0.25, 0.3) is 5.91 Å². The van der Waals surface area contributed by atoms with Crippen LogP contribution in [-0.4, -0.2) is 63.6 Å². The van der Waals surface area contributed by atoms with E-state index in [9.17, 15) is 28.0 Å². The Hall–Kier alpha value is -4.28. The first-order valence-corrected chi connectivity index (χ1v) is 15.2. The molecule has 1 saturated heterocycles. The molecule has 6 rings (SSSR count). The lowest BCUT2D eigenvalue weighted by Gasteiger charge is -2.36. The summed E-state index contributed by atoms with van der Waals surface area (Å²) < 4.78 is 28.5. The summed E-state index contributed by atoms with van der Waals surface area (Å²) in [7, 11) is 0. The molecule has 232 valence electrons. The highest BCUT2D eigenvalue weighted by molar-refractivity contribution is 6.08. The molecule has 4 N–H and O–H groups in total. The molecule has 1 unspecified atom stereocenters. The summed E-state index contributed by atoms with van der Waals surface area (Å²) in [4.78, 5) is 60.9. The highest BCUT2D eigenvalue weighted by atomic mass is 19.1. The maximum Gasteiger partial charge on any atom is 0.270 e. The van der Waals surface area contributed by atoms with Crippen molar-refractivity contribution in [3.63, 3.8) is 0 Å². The lowest BCUT2D eigenvalue weighted by atomic mass is 9.78. The number of carbonyl (C=O) groups is 4. The molecule has 3 aliphatic rings. The average molecular weight is 606 g/mol. The molecule has 0 saturated carbocycles. The number of nitrogens with one attached hydrogen (secondary N) is 2. The Morgan fingerprint density at radius 2 is 1.89 bits per heavy atom. The molecule has 44 heavy (non-hydrogen) atoms. The van der Waals surface area contributed by atoms with Crippen molar-refractivity contribution in [2.75, 3.05) is 18.4 Å². The second kappa shape index (κ2) is 11.0. The number of fused-ring (bicyclic) bond motifs is 3. The van der Waals surface area contributed by atoms with Crippen molar-refractivity contribution >= 4 is 40.2 Å². The molecular weight excluding hydrogens is 568 g/mol. The normalized spacial score (nSPS) is 25.5. The minimum absolute atomic E-state index is 0.0194. The van der Waals surface area contributed by atoms with Crippen LogP contribution >= 0.6 is 0 Å². The van der Waals surface area contributed by atoms with Gasteiger partial charge >= 0.3 is 0 Å². The number of aromatic amines is 1. The van der Waals surface area contributed by atoms with Gasteiger partial charge in [0.2, 0.25) is 17.7 Å². The monoisotopic (exact) mass is 605 g/mol. The number of hydrogen-bond donors (Lipinski definition) is 3. The Morgan fingerprint density at radius 3 is 2.61 bits per heavy atom. The summed E-state index contributed by atoms with van der Waals surface area (Å²) in [5, 5.41) is 3.02. The molecule has 4 heterocycles. The molecule has 1 aromatic heterocycles. The van der Waals surface area contributed by atoms with E-state index in [0.717, 1.165) is 36.1 Å². The molecule has 3 aliphatic heterocycles. The van der Waals surface area contributed by atoms with Crippen molar-refractivity contribution < 1.29 is 28.0 Å². The van der Waals surface area contributed by atoms with Crippen LogP contribution in [0.5, 0.6) is 0 Å². The molecule has 11 heteroatoms. The van der Waals surface area contributed by atoms with Crippen molar-refractivity contribution in [2.24, 2.45) is 11.7 Å². The maximum atomic E-state index is 14.6. The first-order chi connectivity index (χ1) is 20.9. The summed E-state index contributed by atoms with van der Waals surface area (Å²) in [6.45, 7) is 6.16. The highest BCUT2D eigenvalue weighted by Gasteiger charge is 2.58. The molecule has 4 atom stereocenters. The lowest BCUT2D eigenvalue weighted by molar-refractivity contribution is -0.141. The first kappa shape index (κ1) is 29.8. The van der Waals surface area contributed by atoms with Gasteiger partial charge < -0.3 is 25.8 Å². The van der Waals surface area contributed by atoms with Gasteiger partial charge in [0, 0.05) is 30.2 Å². The maximum absolute atomic E-state index is 14.6. The summed E-state index contributed by atoms with van der Waals surface area (Å²) in [5.74, 6) is -3.45. The largest absolute Gasteiger partial charge is 0.368 e. The van der Waals surface area contributed by atoms with Crippen LogP contribution in [0.3, 0.4) is 0 Å². The van der Waals surface area contributed by atoms with Gasteiger partial charge in [-0.2, -0.15) is 0 Å². The summed E-state index contributed by atoms with van der Waals surface area (Å²) in [6.07, 6.45) is 2.49. The number of H-pyrrole nitrogens is 1. The van der Waals surface area contributed by atoms with Gasteiger partial charge in [-0.3, -0.25) is 19.2 Å². The van der Waals surface area contributed by atoms with Crippen LogP contribution in [0.2, 0.25) is 0 Å². The minimum Gasteiger partial charge on any atom is -0.368 e. The van der Waals surface area contributed by atoms with Crippen LogP contribution < -0.4 is 11.1 Å². The number of rotatable bonds is 4. The van der Waals surface area contributed by atoms with Gasteiger partial charge in [-0.15, -0.1) is 0 Å². The molecule has 0 radical (unpaired) electrons. The number of anilines is 1. The number of nitrogens with zero attached hydrogens (tertiary/aromatic N) is 2. The summed E-state index contributed by atoms with van der Waals surface area (Å²) in [6, 6.07) is 7.08. The second-order valence-corrected chi connectivity index (χ2v) is 13.0. The zero-order valence-electron chi connectivity index (χ0n) is 25.1. The van der Waals surface area contributed by atoms with Crippen LogP contribution in [0, 0.1) is 17.6 Å². The number of nitrogens with two attached hydrogens (primary N) is 1. The van der Waals surface area contributed by atoms with E-state index in [0.29, 0.717) is 12.1 Å². The number of benzene rings is 2. The van der Waals surface area contributed by atoms with Gasteiger partial charge in [0.15, 0.2) is 0 Å². The minimum atomic E-state index is -1.15. The molecule has 1 spiro atoms. The van der Waals surface area contributed by atoms with Crippen molar-refractivity contribution in [2.45, 2.75) is 76.3 Å². The van der Waals surface area contributed by atoms with Gasteiger partial charge in [-0.05, 0) is 66.8 Å². The van der Waals surface area contributed by atoms with Gasteiger partial charge in [-0.1, -0.05) is 39.3 Å². The van der Waals surface area contributed by atoms with Gasteiger partial charge in [0.05, 0.1) is 10.9 Å². The highest BCUT2D eigenvalue weighted by Crippen LogP contribution is 2.48. The van der Waals surface area contributed by atoms with Gasteiger partial charge in [0.1, 0.15) is 29.4 Å². The number of aromatic nitrogens is 1.